The van der Waals surface area contributed by atoms with Crippen LogP contribution in [-0.4, -0.2) is 21.7 Å². The van der Waals surface area contributed by atoms with Crippen LogP contribution in [0, 0.1) is 6.92 Å². The smallest absolute Gasteiger partial charge is 0.268 e. The molecule has 1 aromatic heterocycles. The van der Waals surface area contributed by atoms with Gasteiger partial charge in [-0.15, -0.1) is 0 Å². The van der Waals surface area contributed by atoms with Gasteiger partial charge in [0.15, 0.2) is 0 Å². The third kappa shape index (κ3) is 3.82. The lowest BCUT2D eigenvalue weighted by atomic mass is 10.2. The number of aromatic nitrogens is 2. The quantitative estimate of drug-likeness (QED) is 0.434. The molecule has 0 aliphatic carbocycles. The summed E-state index contributed by atoms with van der Waals surface area (Å²) in [6.07, 6.45) is 1.54. The normalized spacial score (nSPS) is 11.1. The van der Waals surface area contributed by atoms with Crippen molar-refractivity contribution < 1.29 is 4.79 Å². The minimum Gasteiger partial charge on any atom is -0.268 e. The summed E-state index contributed by atoms with van der Waals surface area (Å²) in [5.74, 6) is -0.596. The summed E-state index contributed by atoms with van der Waals surface area (Å²) >= 11 is 0. The molecular weight excluding hydrogens is 364 g/mol. The molecule has 29 heavy (non-hydrogen) atoms. The number of hydrogen-bond donors (Lipinski definition) is 1. The third-order valence-electron chi connectivity index (χ3n) is 4.45. The van der Waals surface area contributed by atoms with E-state index in [-0.39, 0.29) is 11.4 Å². The first kappa shape index (κ1) is 18.3. The molecule has 0 saturated heterocycles. The van der Waals surface area contributed by atoms with Gasteiger partial charge in [-0.25, -0.2) is 10.4 Å². The molecule has 142 valence electrons. The van der Waals surface area contributed by atoms with Crippen molar-refractivity contribution in [3.63, 3.8) is 0 Å². The van der Waals surface area contributed by atoms with E-state index in [2.05, 4.69) is 15.5 Å². The first-order chi connectivity index (χ1) is 14.1. The molecule has 6 heteroatoms. The highest BCUT2D eigenvalue weighted by Crippen LogP contribution is 2.13. The number of benzene rings is 3. The Bertz CT molecular complexity index is 1260. The minimum absolute atomic E-state index is 0.0269. The van der Waals surface area contributed by atoms with Crippen LogP contribution in [0.2, 0.25) is 0 Å². The number of nitrogens with zero attached hydrogens (tertiary/aromatic N) is 3. The topological polar surface area (TPSA) is 76.3 Å². The Morgan fingerprint density at radius 1 is 0.966 bits per heavy atom. The van der Waals surface area contributed by atoms with E-state index in [0.29, 0.717) is 16.6 Å². The molecule has 0 spiro atoms. The molecule has 0 atom stereocenters. The molecule has 0 aliphatic heterocycles. The first-order valence-electron chi connectivity index (χ1n) is 9.11. The number of carbonyl (C=O) groups excluding carboxylic acids is 1. The van der Waals surface area contributed by atoms with Gasteiger partial charge in [0.05, 0.1) is 22.8 Å². The summed E-state index contributed by atoms with van der Waals surface area (Å²) < 4.78 is 1.30. The van der Waals surface area contributed by atoms with Gasteiger partial charge in [-0.2, -0.15) is 5.10 Å². The summed E-state index contributed by atoms with van der Waals surface area (Å²) in [6.45, 7) is 2.00. The summed E-state index contributed by atoms with van der Waals surface area (Å²) in [5.41, 5.74) is 5.16. The van der Waals surface area contributed by atoms with Crippen LogP contribution in [0.25, 0.3) is 16.6 Å². The second kappa shape index (κ2) is 7.90. The fraction of sp³-hybridized carbons (Fsp3) is 0.0435. The summed E-state index contributed by atoms with van der Waals surface area (Å²) in [6, 6.07) is 23.6. The highest BCUT2D eigenvalue weighted by Gasteiger charge is 2.18. The van der Waals surface area contributed by atoms with Crippen LogP contribution in [0.15, 0.2) is 88.8 Å². The van der Waals surface area contributed by atoms with Crippen LogP contribution in [-0.2, 0) is 0 Å². The second-order valence-corrected chi connectivity index (χ2v) is 6.54. The SMILES string of the molecule is Cc1ccc(/C=N/NC(=O)c2nc3ccccc3c(=O)n2-c2ccccc2)cc1. The predicted molar refractivity (Wildman–Crippen MR) is 114 cm³/mol. The fourth-order valence-electron chi connectivity index (χ4n) is 2.97. The van der Waals surface area contributed by atoms with Gasteiger partial charge in [0.1, 0.15) is 0 Å². The van der Waals surface area contributed by atoms with Gasteiger partial charge in [0.2, 0.25) is 5.82 Å². The van der Waals surface area contributed by atoms with Crippen molar-refractivity contribution in [2.45, 2.75) is 6.92 Å². The lowest BCUT2D eigenvalue weighted by molar-refractivity contribution is 0.0942. The average molecular weight is 382 g/mol. The second-order valence-electron chi connectivity index (χ2n) is 6.54. The van der Waals surface area contributed by atoms with Gasteiger partial charge >= 0.3 is 5.91 Å². The number of hydrogen-bond acceptors (Lipinski definition) is 4. The van der Waals surface area contributed by atoms with Gasteiger partial charge in [-0.05, 0) is 36.8 Å². The van der Waals surface area contributed by atoms with E-state index in [0.717, 1.165) is 11.1 Å². The Labute approximate surface area is 167 Å². The molecule has 1 N–H and O–H groups in total. The van der Waals surface area contributed by atoms with Crippen LogP contribution in [0.4, 0.5) is 0 Å². The zero-order valence-electron chi connectivity index (χ0n) is 15.7. The van der Waals surface area contributed by atoms with Gasteiger partial charge in [0, 0.05) is 0 Å². The molecule has 0 radical (unpaired) electrons. The van der Waals surface area contributed by atoms with Crippen LogP contribution < -0.4 is 11.0 Å². The van der Waals surface area contributed by atoms with E-state index in [1.807, 2.05) is 37.3 Å². The zero-order chi connectivity index (χ0) is 20.2. The largest absolute Gasteiger partial charge is 0.307 e. The van der Waals surface area contributed by atoms with E-state index >= 15 is 0 Å². The highest BCUT2D eigenvalue weighted by molar-refractivity contribution is 5.94. The van der Waals surface area contributed by atoms with E-state index in [9.17, 15) is 9.59 Å². The molecule has 1 amide bonds. The maximum atomic E-state index is 13.1. The molecule has 0 unspecified atom stereocenters. The Morgan fingerprint density at radius 2 is 1.66 bits per heavy atom. The summed E-state index contributed by atoms with van der Waals surface area (Å²) in [4.78, 5) is 30.3. The van der Waals surface area contributed by atoms with E-state index in [1.54, 1.807) is 54.7 Å². The summed E-state index contributed by atoms with van der Waals surface area (Å²) in [5, 5.41) is 4.45. The molecule has 0 fully saturated rings. The fourth-order valence-corrected chi connectivity index (χ4v) is 2.97. The van der Waals surface area contributed by atoms with Gasteiger partial charge < -0.3 is 0 Å². The Morgan fingerprint density at radius 3 is 2.41 bits per heavy atom. The zero-order valence-corrected chi connectivity index (χ0v) is 15.7. The first-order valence-corrected chi connectivity index (χ1v) is 9.11. The Hall–Kier alpha value is -4.06. The van der Waals surface area contributed by atoms with Crippen molar-refractivity contribution in [1.82, 2.24) is 15.0 Å². The molecule has 6 nitrogen and oxygen atoms in total. The molecule has 4 rings (SSSR count). The van der Waals surface area contributed by atoms with Crippen LogP contribution in [0.5, 0.6) is 0 Å². The molecule has 0 aliphatic rings. The van der Waals surface area contributed by atoms with Gasteiger partial charge in [-0.1, -0.05) is 60.2 Å². The number of nitrogens with one attached hydrogen (secondary N) is 1. The van der Waals surface area contributed by atoms with Crippen molar-refractivity contribution in [3.05, 3.63) is 106 Å². The number of fused-ring (bicyclic) bond motifs is 1. The van der Waals surface area contributed by atoms with Crippen molar-refractivity contribution >= 4 is 23.0 Å². The molecule has 1 heterocycles. The van der Waals surface area contributed by atoms with Crippen molar-refractivity contribution in [3.8, 4) is 5.69 Å². The minimum atomic E-state index is -0.569. The van der Waals surface area contributed by atoms with E-state index in [1.165, 1.54) is 4.57 Å². The predicted octanol–water partition coefficient (Wildman–Crippen LogP) is 3.46. The van der Waals surface area contributed by atoms with Crippen LogP contribution in [0.3, 0.4) is 0 Å². The molecule has 0 bridgehead atoms. The molecule has 4 aromatic rings. The Balaban J connectivity index is 1.74. The highest BCUT2D eigenvalue weighted by atomic mass is 16.2. The van der Waals surface area contributed by atoms with Crippen molar-refractivity contribution in [1.29, 1.82) is 0 Å². The number of carbonyl (C=O) groups is 1. The molecular formula is C23H18N4O2. The van der Waals surface area contributed by atoms with Gasteiger partial charge in [-0.3, -0.25) is 14.2 Å². The van der Waals surface area contributed by atoms with Crippen molar-refractivity contribution in [2.24, 2.45) is 5.10 Å². The number of para-hydroxylation sites is 2. The average Bonchev–Trinajstić information content (AvgIpc) is 2.75. The lowest BCUT2D eigenvalue weighted by Crippen LogP contribution is -2.31. The maximum Gasteiger partial charge on any atom is 0.307 e. The van der Waals surface area contributed by atoms with Crippen LogP contribution >= 0.6 is 0 Å². The van der Waals surface area contributed by atoms with Crippen LogP contribution in [0.1, 0.15) is 21.7 Å². The monoisotopic (exact) mass is 382 g/mol. The molecule has 3 aromatic carbocycles. The van der Waals surface area contributed by atoms with Crippen molar-refractivity contribution in [2.75, 3.05) is 0 Å². The van der Waals surface area contributed by atoms with E-state index in [4.69, 9.17) is 0 Å². The van der Waals surface area contributed by atoms with E-state index < -0.39 is 5.91 Å². The summed E-state index contributed by atoms with van der Waals surface area (Å²) in [7, 11) is 0. The number of amides is 1. The lowest BCUT2D eigenvalue weighted by Gasteiger charge is -2.12. The van der Waals surface area contributed by atoms with Gasteiger partial charge in [0.25, 0.3) is 5.56 Å². The molecule has 0 saturated carbocycles. The Kier molecular flexibility index (Phi) is 4.99. The standard InChI is InChI=1S/C23H18N4O2/c1-16-11-13-17(14-12-16)15-24-26-22(28)21-25-20-10-6-5-9-19(20)23(29)27(21)18-7-3-2-4-8-18/h2-15H,1H3,(H,26,28)/b24-15+. The third-order valence-corrected chi connectivity index (χ3v) is 4.45. The number of hydrazone groups is 1. The number of aryl methyl sites for hydroxylation is 1. The maximum absolute atomic E-state index is 13.1. The number of rotatable bonds is 4.